The Hall–Kier alpha value is -1.74. The van der Waals surface area contributed by atoms with Crippen LogP contribution in [-0.2, 0) is 4.79 Å². The van der Waals surface area contributed by atoms with Crippen molar-refractivity contribution >= 4 is 23.4 Å². The minimum atomic E-state index is -5.08. The van der Waals surface area contributed by atoms with Crippen LogP contribution in [-0.4, -0.2) is 48.5 Å². The van der Waals surface area contributed by atoms with Crippen LogP contribution >= 0.6 is 11.6 Å². The quantitative estimate of drug-likeness (QED) is 0.781. The number of nitrogens with one attached hydrogen (secondary N) is 2. The van der Waals surface area contributed by atoms with Gasteiger partial charge in [-0.2, -0.15) is 13.2 Å². The normalized spacial score (nSPS) is 17.4. The highest BCUT2D eigenvalue weighted by Crippen LogP contribution is 2.25. The van der Waals surface area contributed by atoms with Gasteiger partial charge in [-0.1, -0.05) is 11.6 Å². The lowest BCUT2D eigenvalue weighted by atomic mass is 10.2. The summed E-state index contributed by atoms with van der Waals surface area (Å²) in [5.41, 5.74) is 0. The highest BCUT2D eigenvalue weighted by Gasteiger charge is 2.38. The monoisotopic (exact) mass is 341 g/mol. The predicted molar refractivity (Wildman–Crippen MR) is 74.4 cm³/mol. The third-order valence-corrected chi connectivity index (χ3v) is 2.98. The van der Waals surface area contributed by atoms with Gasteiger partial charge in [-0.15, -0.1) is 0 Å². The van der Waals surface area contributed by atoms with E-state index < -0.39 is 12.1 Å². The molecule has 0 aromatic carbocycles. The summed E-state index contributed by atoms with van der Waals surface area (Å²) in [7, 11) is 1.60. The maximum Gasteiger partial charge on any atom is 0.490 e. The summed E-state index contributed by atoms with van der Waals surface area (Å²) in [4.78, 5) is 13.1. The topological polar surface area (TPSA) is 83.5 Å². The van der Waals surface area contributed by atoms with Gasteiger partial charge in [-0.25, -0.2) is 9.78 Å². The molecule has 1 aromatic heterocycles. The number of halogens is 4. The van der Waals surface area contributed by atoms with E-state index in [1.54, 1.807) is 13.3 Å². The van der Waals surface area contributed by atoms with E-state index in [2.05, 4.69) is 15.6 Å². The van der Waals surface area contributed by atoms with Gasteiger partial charge in [0.25, 0.3) is 0 Å². The van der Waals surface area contributed by atoms with Crippen molar-refractivity contribution in [2.75, 3.05) is 25.5 Å². The first-order chi connectivity index (χ1) is 10.2. The number of ether oxygens (including phenoxy) is 1. The zero-order chi connectivity index (χ0) is 16.8. The number of anilines is 1. The van der Waals surface area contributed by atoms with Gasteiger partial charge in [-0.05, 0) is 13.0 Å². The molecule has 1 aliphatic rings. The molecular weight excluding hydrogens is 327 g/mol. The first-order valence-electron chi connectivity index (χ1n) is 6.21. The molecule has 1 fully saturated rings. The highest BCUT2D eigenvalue weighted by molar-refractivity contribution is 6.31. The molecule has 0 bridgehead atoms. The Morgan fingerprint density at radius 2 is 2.23 bits per heavy atom. The molecule has 6 nitrogen and oxygen atoms in total. The van der Waals surface area contributed by atoms with Crippen molar-refractivity contribution in [1.82, 2.24) is 10.3 Å². The Morgan fingerprint density at radius 1 is 1.59 bits per heavy atom. The number of alkyl halides is 3. The van der Waals surface area contributed by atoms with E-state index in [4.69, 9.17) is 26.2 Å². The average molecular weight is 342 g/mol. The van der Waals surface area contributed by atoms with Crippen molar-refractivity contribution in [1.29, 1.82) is 0 Å². The van der Waals surface area contributed by atoms with Gasteiger partial charge >= 0.3 is 12.1 Å². The number of methoxy groups -OCH3 is 1. The zero-order valence-corrected chi connectivity index (χ0v) is 12.3. The van der Waals surface area contributed by atoms with E-state index in [-0.39, 0.29) is 0 Å². The number of hydrogen-bond acceptors (Lipinski definition) is 5. The highest BCUT2D eigenvalue weighted by atomic mass is 35.5. The van der Waals surface area contributed by atoms with Crippen LogP contribution in [0, 0.1) is 0 Å². The molecule has 2 heterocycles. The molecule has 1 aromatic rings. The second-order valence-corrected chi connectivity index (χ2v) is 4.75. The van der Waals surface area contributed by atoms with Crippen molar-refractivity contribution in [3.8, 4) is 5.75 Å². The number of nitrogens with zero attached hydrogens (tertiary/aromatic N) is 1. The summed E-state index contributed by atoms with van der Waals surface area (Å²) in [5.74, 6) is -1.29. The Kier molecular flexibility index (Phi) is 6.69. The number of rotatable bonds is 3. The van der Waals surface area contributed by atoms with Crippen molar-refractivity contribution in [3.63, 3.8) is 0 Å². The molecule has 0 unspecified atom stereocenters. The SMILES string of the molecule is COc1cc(N[C@@H]2CCNC2)ncc1Cl.O=C(O)C(F)(F)F. The molecule has 1 aliphatic heterocycles. The predicted octanol–water partition coefficient (Wildman–Crippen LogP) is 2.15. The van der Waals surface area contributed by atoms with Crippen LogP contribution in [0.5, 0.6) is 5.75 Å². The van der Waals surface area contributed by atoms with Gasteiger partial charge in [0.2, 0.25) is 0 Å². The van der Waals surface area contributed by atoms with Crippen LogP contribution in [0.1, 0.15) is 6.42 Å². The van der Waals surface area contributed by atoms with Gasteiger partial charge in [0.05, 0.1) is 13.3 Å². The fraction of sp³-hybridized carbons (Fsp3) is 0.500. The molecule has 1 atom stereocenters. The standard InChI is InChI=1S/C10H14ClN3O.C2HF3O2/c1-15-9-4-10(13-6-8(9)11)14-7-2-3-12-5-7;3-2(4,5)1(6)7/h4,6-7,12H,2-3,5H2,1H3,(H,13,14);(H,6,7)/t7-;/m1./s1. The number of aromatic nitrogens is 1. The lowest BCUT2D eigenvalue weighted by molar-refractivity contribution is -0.192. The minimum Gasteiger partial charge on any atom is -0.495 e. The number of carboxylic acid groups (broad SMARTS) is 1. The summed E-state index contributed by atoms with van der Waals surface area (Å²) in [6.45, 7) is 2.04. The van der Waals surface area contributed by atoms with Crippen LogP contribution in [0.3, 0.4) is 0 Å². The minimum absolute atomic E-state index is 0.448. The number of carboxylic acids is 1. The second kappa shape index (κ2) is 8.04. The fourth-order valence-corrected chi connectivity index (χ4v) is 1.82. The fourth-order valence-electron chi connectivity index (χ4n) is 1.64. The van der Waals surface area contributed by atoms with Gasteiger partial charge < -0.3 is 20.5 Å². The molecule has 10 heteroatoms. The lowest BCUT2D eigenvalue weighted by Gasteiger charge is -2.12. The zero-order valence-electron chi connectivity index (χ0n) is 11.6. The number of aliphatic carboxylic acids is 1. The maximum absolute atomic E-state index is 10.6. The van der Waals surface area contributed by atoms with E-state index in [1.165, 1.54) is 0 Å². The van der Waals surface area contributed by atoms with Gasteiger partial charge in [0.15, 0.2) is 0 Å². The van der Waals surface area contributed by atoms with E-state index in [0.29, 0.717) is 16.8 Å². The van der Waals surface area contributed by atoms with Gasteiger partial charge in [0, 0.05) is 18.7 Å². The molecule has 0 amide bonds. The Labute approximate surface area is 129 Å². The van der Waals surface area contributed by atoms with Crippen molar-refractivity contribution in [2.45, 2.75) is 18.6 Å². The largest absolute Gasteiger partial charge is 0.495 e. The van der Waals surface area contributed by atoms with Gasteiger partial charge in [0.1, 0.15) is 16.6 Å². The van der Waals surface area contributed by atoms with E-state index >= 15 is 0 Å². The third kappa shape index (κ3) is 5.94. The smallest absolute Gasteiger partial charge is 0.490 e. The van der Waals surface area contributed by atoms with Crippen LogP contribution in [0.15, 0.2) is 12.3 Å². The Bertz CT molecular complexity index is 508. The van der Waals surface area contributed by atoms with E-state index in [0.717, 1.165) is 25.3 Å². The number of pyridine rings is 1. The third-order valence-electron chi connectivity index (χ3n) is 2.69. The molecule has 0 spiro atoms. The van der Waals surface area contributed by atoms with Crippen LogP contribution in [0.4, 0.5) is 19.0 Å². The first kappa shape index (κ1) is 18.3. The molecule has 0 aliphatic carbocycles. The number of hydrogen-bond donors (Lipinski definition) is 3. The molecule has 1 saturated heterocycles. The summed E-state index contributed by atoms with van der Waals surface area (Å²) >= 11 is 5.89. The molecule has 2 rings (SSSR count). The van der Waals surface area contributed by atoms with E-state index in [9.17, 15) is 13.2 Å². The summed E-state index contributed by atoms with van der Waals surface area (Å²) in [6.07, 6.45) is -2.36. The van der Waals surface area contributed by atoms with Crippen LogP contribution < -0.4 is 15.4 Å². The molecular formula is C12H15ClF3N3O3. The van der Waals surface area contributed by atoms with Crippen molar-refractivity contribution < 1.29 is 27.8 Å². The Morgan fingerprint density at radius 3 is 2.68 bits per heavy atom. The van der Waals surface area contributed by atoms with Crippen LogP contribution in [0.25, 0.3) is 0 Å². The second-order valence-electron chi connectivity index (χ2n) is 4.34. The Balaban J connectivity index is 0.000000295. The summed E-state index contributed by atoms with van der Waals surface area (Å²) in [6, 6.07) is 2.27. The summed E-state index contributed by atoms with van der Waals surface area (Å²) < 4.78 is 36.9. The van der Waals surface area contributed by atoms with Crippen molar-refractivity contribution in [3.05, 3.63) is 17.3 Å². The lowest BCUT2D eigenvalue weighted by Crippen LogP contribution is -2.22. The molecule has 3 N–H and O–H groups in total. The van der Waals surface area contributed by atoms with Crippen LogP contribution in [0.2, 0.25) is 5.02 Å². The van der Waals surface area contributed by atoms with Crippen molar-refractivity contribution in [2.24, 2.45) is 0 Å². The average Bonchev–Trinajstić information content (AvgIpc) is 2.93. The molecule has 124 valence electrons. The number of carbonyl (C=O) groups is 1. The molecule has 22 heavy (non-hydrogen) atoms. The summed E-state index contributed by atoms with van der Waals surface area (Å²) in [5, 5.41) is 14.3. The van der Waals surface area contributed by atoms with E-state index in [1.807, 2.05) is 6.07 Å². The first-order valence-corrected chi connectivity index (χ1v) is 6.58. The molecule has 0 saturated carbocycles. The van der Waals surface area contributed by atoms with Gasteiger partial charge in [-0.3, -0.25) is 0 Å². The molecule has 0 radical (unpaired) electrons. The maximum atomic E-state index is 10.6.